The van der Waals surface area contributed by atoms with Crippen molar-refractivity contribution in [3.8, 4) is 0 Å². The van der Waals surface area contributed by atoms with Crippen LogP contribution in [0.5, 0.6) is 0 Å². The fraction of sp³-hybridized carbons (Fsp3) is 0.917. The van der Waals surface area contributed by atoms with Crippen LogP contribution in [0, 0.1) is 0 Å². The summed E-state index contributed by atoms with van der Waals surface area (Å²) in [7, 11) is 0. The van der Waals surface area contributed by atoms with E-state index in [2.05, 4.69) is 17.6 Å². The van der Waals surface area contributed by atoms with Crippen LogP contribution >= 0.6 is 0 Å². The Hall–Kier alpha value is -0.770. The Labute approximate surface area is 98.1 Å². The highest BCUT2D eigenvalue weighted by atomic mass is 16.6. The second-order valence-corrected chi connectivity index (χ2v) is 4.34. The van der Waals surface area contributed by atoms with Crippen LogP contribution in [0.2, 0.25) is 0 Å². The Bertz CT molecular complexity index is 191. The Morgan fingerprint density at radius 1 is 1.31 bits per heavy atom. The third-order valence-electron chi connectivity index (χ3n) is 2.86. The molecule has 1 saturated heterocycles. The normalized spacial score (nSPS) is 17.1. The highest BCUT2D eigenvalue weighted by Crippen LogP contribution is 2.07. The van der Waals surface area contributed by atoms with E-state index in [9.17, 15) is 4.79 Å². The molecule has 1 fully saturated rings. The number of unbranched alkanes of at least 4 members (excludes halogenated alkanes) is 3. The Morgan fingerprint density at radius 2 is 2.06 bits per heavy atom. The first-order valence-electron chi connectivity index (χ1n) is 6.48. The Kier molecular flexibility index (Phi) is 6.97. The molecular formula is C12H24N2O2. The third kappa shape index (κ3) is 5.95. The maximum absolute atomic E-state index is 11.4. The summed E-state index contributed by atoms with van der Waals surface area (Å²) < 4.78 is 5.31. The first kappa shape index (κ1) is 13.3. The maximum Gasteiger partial charge on any atom is 0.407 e. The molecule has 0 aromatic heterocycles. The minimum Gasteiger partial charge on any atom is -0.446 e. The molecule has 0 aliphatic carbocycles. The van der Waals surface area contributed by atoms with E-state index in [4.69, 9.17) is 4.74 Å². The van der Waals surface area contributed by atoms with E-state index in [1.54, 1.807) is 0 Å². The molecule has 1 aliphatic rings. The van der Waals surface area contributed by atoms with E-state index in [0.29, 0.717) is 0 Å². The Balaban J connectivity index is 1.97. The van der Waals surface area contributed by atoms with Crippen molar-refractivity contribution < 1.29 is 9.53 Å². The number of amides is 1. The topological polar surface area (TPSA) is 50.4 Å². The molecule has 0 saturated carbocycles. The molecule has 0 bridgehead atoms. The molecule has 1 aliphatic heterocycles. The highest BCUT2D eigenvalue weighted by Gasteiger charge is 2.16. The van der Waals surface area contributed by atoms with Crippen molar-refractivity contribution in [1.82, 2.24) is 10.6 Å². The summed E-state index contributed by atoms with van der Waals surface area (Å²) in [6, 6.07) is 0. The molecule has 2 N–H and O–H groups in total. The zero-order valence-corrected chi connectivity index (χ0v) is 10.3. The van der Waals surface area contributed by atoms with E-state index in [1.807, 2.05) is 0 Å². The quantitative estimate of drug-likeness (QED) is 0.684. The van der Waals surface area contributed by atoms with E-state index in [0.717, 1.165) is 38.9 Å². The first-order valence-corrected chi connectivity index (χ1v) is 6.48. The molecule has 4 heteroatoms. The van der Waals surface area contributed by atoms with Gasteiger partial charge in [-0.3, -0.25) is 0 Å². The van der Waals surface area contributed by atoms with Gasteiger partial charge in [0.1, 0.15) is 6.10 Å². The van der Waals surface area contributed by atoms with Crippen LogP contribution in [0.3, 0.4) is 0 Å². The lowest BCUT2D eigenvalue weighted by Crippen LogP contribution is -2.36. The highest BCUT2D eigenvalue weighted by molar-refractivity contribution is 5.67. The summed E-state index contributed by atoms with van der Waals surface area (Å²) in [5, 5.41) is 6.05. The molecule has 0 unspecified atom stereocenters. The molecular weight excluding hydrogens is 204 g/mol. The lowest BCUT2D eigenvalue weighted by molar-refractivity contribution is 0.0794. The number of rotatable bonds is 6. The van der Waals surface area contributed by atoms with Gasteiger partial charge in [0.25, 0.3) is 0 Å². The average molecular weight is 228 g/mol. The van der Waals surface area contributed by atoms with Crippen LogP contribution in [-0.2, 0) is 4.74 Å². The standard InChI is InChI=1S/C12H24N2O2/c1-2-3-4-5-8-14-12(15)16-11-6-9-13-10-7-11/h11,13H,2-10H2,1H3,(H,14,15). The Morgan fingerprint density at radius 3 is 2.75 bits per heavy atom. The monoisotopic (exact) mass is 228 g/mol. The molecule has 0 aromatic rings. The molecule has 0 radical (unpaired) electrons. The van der Waals surface area contributed by atoms with Gasteiger partial charge in [-0.05, 0) is 32.4 Å². The van der Waals surface area contributed by atoms with E-state index < -0.39 is 0 Å². The largest absolute Gasteiger partial charge is 0.446 e. The van der Waals surface area contributed by atoms with Crippen molar-refractivity contribution in [2.24, 2.45) is 0 Å². The van der Waals surface area contributed by atoms with Crippen molar-refractivity contribution >= 4 is 6.09 Å². The lowest BCUT2D eigenvalue weighted by atomic mass is 10.1. The molecule has 1 amide bonds. The van der Waals surface area contributed by atoms with Crippen LogP contribution in [0.1, 0.15) is 45.4 Å². The van der Waals surface area contributed by atoms with Crippen molar-refractivity contribution in [3.63, 3.8) is 0 Å². The maximum atomic E-state index is 11.4. The van der Waals surface area contributed by atoms with Gasteiger partial charge < -0.3 is 15.4 Å². The smallest absolute Gasteiger partial charge is 0.407 e. The zero-order valence-electron chi connectivity index (χ0n) is 10.3. The minimum atomic E-state index is -0.247. The molecule has 4 nitrogen and oxygen atoms in total. The summed E-state index contributed by atoms with van der Waals surface area (Å²) in [6.07, 6.45) is 6.43. The minimum absolute atomic E-state index is 0.108. The SMILES string of the molecule is CCCCCCNC(=O)OC1CCNCC1. The van der Waals surface area contributed by atoms with Crippen molar-refractivity contribution in [2.75, 3.05) is 19.6 Å². The van der Waals surface area contributed by atoms with Gasteiger partial charge in [-0.15, -0.1) is 0 Å². The van der Waals surface area contributed by atoms with Gasteiger partial charge in [-0.2, -0.15) is 0 Å². The van der Waals surface area contributed by atoms with Crippen LogP contribution in [0.25, 0.3) is 0 Å². The number of nitrogens with one attached hydrogen (secondary N) is 2. The molecule has 0 spiro atoms. The van der Waals surface area contributed by atoms with Crippen LogP contribution in [-0.4, -0.2) is 31.8 Å². The predicted octanol–water partition coefficient (Wildman–Crippen LogP) is 2.04. The van der Waals surface area contributed by atoms with Gasteiger partial charge in [0.2, 0.25) is 0 Å². The number of carbonyl (C=O) groups is 1. The van der Waals surface area contributed by atoms with Crippen LogP contribution in [0.4, 0.5) is 4.79 Å². The number of alkyl carbamates (subject to hydrolysis) is 1. The second-order valence-electron chi connectivity index (χ2n) is 4.34. The van der Waals surface area contributed by atoms with E-state index >= 15 is 0 Å². The van der Waals surface area contributed by atoms with Gasteiger partial charge >= 0.3 is 6.09 Å². The summed E-state index contributed by atoms with van der Waals surface area (Å²) in [4.78, 5) is 11.4. The summed E-state index contributed by atoms with van der Waals surface area (Å²) in [5.41, 5.74) is 0. The lowest BCUT2D eigenvalue weighted by Gasteiger charge is -2.22. The van der Waals surface area contributed by atoms with Gasteiger partial charge in [0, 0.05) is 6.54 Å². The second kappa shape index (κ2) is 8.39. The summed E-state index contributed by atoms with van der Waals surface area (Å²) in [6.45, 7) is 4.82. The molecule has 0 aromatic carbocycles. The fourth-order valence-corrected chi connectivity index (χ4v) is 1.85. The fourth-order valence-electron chi connectivity index (χ4n) is 1.85. The molecule has 1 rings (SSSR count). The van der Waals surface area contributed by atoms with Crippen LogP contribution in [0.15, 0.2) is 0 Å². The van der Waals surface area contributed by atoms with E-state index in [-0.39, 0.29) is 12.2 Å². The van der Waals surface area contributed by atoms with Gasteiger partial charge in [-0.25, -0.2) is 4.79 Å². The number of hydrogen-bond donors (Lipinski definition) is 2. The van der Waals surface area contributed by atoms with Gasteiger partial charge in [0.05, 0.1) is 0 Å². The zero-order chi connectivity index (χ0) is 11.6. The van der Waals surface area contributed by atoms with Crippen LogP contribution < -0.4 is 10.6 Å². The van der Waals surface area contributed by atoms with Gasteiger partial charge in [-0.1, -0.05) is 26.2 Å². The van der Waals surface area contributed by atoms with Crippen molar-refractivity contribution in [1.29, 1.82) is 0 Å². The molecule has 1 heterocycles. The van der Waals surface area contributed by atoms with Gasteiger partial charge in [0.15, 0.2) is 0 Å². The molecule has 16 heavy (non-hydrogen) atoms. The number of hydrogen-bond acceptors (Lipinski definition) is 3. The summed E-state index contributed by atoms with van der Waals surface area (Å²) >= 11 is 0. The number of piperidine rings is 1. The number of ether oxygens (including phenoxy) is 1. The molecule has 0 atom stereocenters. The first-order chi connectivity index (χ1) is 7.83. The number of carbonyl (C=O) groups excluding carboxylic acids is 1. The predicted molar refractivity (Wildman–Crippen MR) is 64.5 cm³/mol. The average Bonchev–Trinajstić information content (AvgIpc) is 2.30. The molecule has 94 valence electrons. The summed E-state index contributed by atoms with van der Waals surface area (Å²) in [5.74, 6) is 0. The van der Waals surface area contributed by atoms with E-state index in [1.165, 1.54) is 19.3 Å². The van der Waals surface area contributed by atoms with Crippen molar-refractivity contribution in [3.05, 3.63) is 0 Å². The third-order valence-corrected chi connectivity index (χ3v) is 2.86. The van der Waals surface area contributed by atoms with Crippen molar-refractivity contribution in [2.45, 2.75) is 51.6 Å².